The molecule has 1 aliphatic heterocycles. The van der Waals surface area contributed by atoms with E-state index in [0.717, 1.165) is 36.3 Å². The number of nitrogens with one attached hydrogen (secondary N) is 2. The maximum Gasteiger partial charge on any atom is 0.322 e. The first kappa shape index (κ1) is 19.6. The second-order valence-corrected chi connectivity index (χ2v) is 7.68. The van der Waals surface area contributed by atoms with Gasteiger partial charge in [-0.05, 0) is 49.2 Å². The Morgan fingerprint density at radius 3 is 2.63 bits per heavy atom. The molecule has 0 spiro atoms. The van der Waals surface area contributed by atoms with E-state index >= 15 is 0 Å². The number of rotatable bonds is 3. The van der Waals surface area contributed by atoms with Crippen LogP contribution >= 0.6 is 11.6 Å². The summed E-state index contributed by atoms with van der Waals surface area (Å²) in [6, 6.07) is 10.7. The molecule has 1 saturated heterocycles. The summed E-state index contributed by atoms with van der Waals surface area (Å²) in [6.45, 7) is 7.57. The van der Waals surface area contributed by atoms with Crippen molar-refractivity contribution in [3.8, 4) is 0 Å². The number of urea groups is 1. The lowest BCUT2D eigenvalue weighted by molar-refractivity contribution is -0.912. The summed E-state index contributed by atoms with van der Waals surface area (Å²) in [5.41, 5.74) is 3.63. The van der Waals surface area contributed by atoms with E-state index in [-0.39, 0.29) is 11.8 Å². The van der Waals surface area contributed by atoms with Crippen molar-refractivity contribution in [2.24, 2.45) is 0 Å². The maximum absolute atomic E-state index is 14.0. The first-order valence-corrected chi connectivity index (χ1v) is 9.71. The van der Waals surface area contributed by atoms with E-state index in [1.165, 1.54) is 11.0 Å². The predicted molar refractivity (Wildman–Crippen MR) is 107 cm³/mol. The Morgan fingerprint density at radius 2 is 1.93 bits per heavy atom. The molecule has 144 valence electrons. The summed E-state index contributed by atoms with van der Waals surface area (Å²) in [6.07, 6.45) is 0.877. The van der Waals surface area contributed by atoms with E-state index in [2.05, 4.69) is 11.4 Å². The van der Waals surface area contributed by atoms with Crippen molar-refractivity contribution in [3.05, 3.63) is 63.9 Å². The van der Waals surface area contributed by atoms with E-state index in [1.54, 1.807) is 12.1 Å². The lowest BCUT2D eigenvalue weighted by Gasteiger charge is -2.21. The zero-order valence-electron chi connectivity index (χ0n) is 15.8. The molecule has 3 rings (SSSR count). The Hall–Kier alpha value is -2.11. The molecule has 6 heteroatoms. The van der Waals surface area contributed by atoms with Crippen molar-refractivity contribution < 1.29 is 14.1 Å². The lowest BCUT2D eigenvalue weighted by Crippen LogP contribution is -3.11. The molecule has 27 heavy (non-hydrogen) atoms. The fourth-order valence-electron chi connectivity index (χ4n) is 3.63. The van der Waals surface area contributed by atoms with Crippen LogP contribution in [0.25, 0.3) is 0 Å². The highest BCUT2D eigenvalue weighted by Gasteiger charge is 2.23. The number of carbonyl (C=O) groups is 1. The maximum atomic E-state index is 14.0. The minimum Gasteiger partial charge on any atom is -0.330 e. The molecule has 0 saturated carbocycles. The van der Waals surface area contributed by atoms with Crippen molar-refractivity contribution in [1.82, 2.24) is 4.90 Å². The number of halogens is 2. The van der Waals surface area contributed by atoms with Gasteiger partial charge in [0.15, 0.2) is 0 Å². The highest BCUT2D eigenvalue weighted by Crippen LogP contribution is 2.18. The fourth-order valence-corrected chi connectivity index (χ4v) is 3.86. The van der Waals surface area contributed by atoms with Crippen LogP contribution in [0, 0.1) is 19.7 Å². The molecule has 1 fully saturated rings. The molecule has 2 amide bonds. The summed E-state index contributed by atoms with van der Waals surface area (Å²) < 4.78 is 14.0. The van der Waals surface area contributed by atoms with E-state index in [0.29, 0.717) is 30.2 Å². The quantitative estimate of drug-likeness (QED) is 0.827. The van der Waals surface area contributed by atoms with Crippen LogP contribution in [-0.2, 0) is 6.54 Å². The third-order valence-electron chi connectivity index (χ3n) is 4.94. The van der Waals surface area contributed by atoms with Crippen molar-refractivity contribution in [2.75, 3.05) is 31.5 Å². The molecule has 2 aromatic carbocycles. The van der Waals surface area contributed by atoms with Crippen LogP contribution in [0.1, 0.15) is 23.1 Å². The standard InChI is InChI=1S/C21H25ClFN3O/c1-15-11-16(2)13-17(12-15)24-21(27)26-8-4-7-25(9-10-26)14-18-19(22)5-3-6-20(18)23/h3,5-6,11-13H,4,7-10,14H2,1-2H3,(H,24,27)/p+1. The molecule has 0 aliphatic carbocycles. The van der Waals surface area contributed by atoms with Crippen molar-refractivity contribution >= 4 is 23.3 Å². The van der Waals surface area contributed by atoms with Crippen molar-refractivity contribution in [1.29, 1.82) is 0 Å². The monoisotopic (exact) mass is 390 g/mol. The Morgan fingerprint density at radius 1 is 1.19 bits per heavy atom. The number of carbonyl (C=O) groups excluding carboxylic acids is 1. The SMILES string of the molecule is Cc1cc(C)cc(NC(=O)N2CCC[NH+](Cc3c(F)cccc3Cl)CC2)c1. The second kappa shape index (κ2) is 8.72. The smallest absolute Gasteiger partial charge is 0.322 e. The van der Waals surface area contributed by atoms with Gasteiger partial charge in [0.25, 0.3) is 0 Å². The molecule has 1 aliphatic rings. The molecule has 2 N–H and O–H groups in total. The molecular weight excluding hydrogens is 365 g/mol. The minimum absolute atomic E-state index is 0.0785. The highest BCUT2D eigenvalue weighted by molar-refractivity contribution is 6.31. The number of benzene rings is 2. The van der Waals surface area contributed by atoms with Gasteiger partial charge in [0.2, 0.25) is 0 Å². The van der Waals surface area contributed by atoms with Gasteiger partial charge in [0.1, 0.15) is 12.4 Å². The van der Waals surface area contributed by atoms with Crippen LogP contribution in [0.5, 0.6) is 0 Å². The number of amides is 2. The number of nitrogens with zero attached hydrogens (tertiary/aromatic N) is 1. The van der Waals surface area contributed by atoms with Gasteiger partial charge in [0, 0.05) is 18.7 Å². The van der Waals surface area contributed by atoms with Gasteiger partial charge < -0.3 is 15.1 Å². The van der Waals surface area contributed by atoms with Crippen LogP contribution in [0.15, 0.2) is 36.4 Å². The van der Waals surface area contributed by atoms with Crippen LogP contribution in [-0.4, -0.2) is 37.1 Å². The number of anilines is 1. The van der Waals surface area contributed by atoms with Gasteiger partial charge in [-0.2, -0.15) is 0 Å². The summed E-state index contributed by atoms with van der Waals surface area (Å²) in [5, 5.41) is 3.47. The van der Waals surface area contributed by atoms with Gasteiger partial charge >= 0.3 is 6.03 Å². The third kappa shape index (κ3) is 5.21. The molecule has 2 aromatic rings. The minimum atomic E-state index is -0.260. The predicted octanol–water partition coefficient (Wildman–Crippen LogP) is 3.42. The van der Waals surface area contributed by atoms with Crippen LogP contribution in [0.2, 0.25) is 5.02 Å². The van der Waals surface area contributed by atoms with Gasteiger partial charge in [-0.3, -0.25) is 0 Å². The largest absolute Gasteiger partial charge is 0.330 e. The summed E-state index contributed by atoms with van der Waals surface area (Å²) in [5.74, 6) is -0.260. The Bertz CT molecular complexity index is 787. The molecule has 4 nitrogen and oxygen atoms in total. The molecule has 0 bridgehead atoms. The van der Waals surface area contributed by atoms with Gasteiger partial charge in [0.05, 0.1) is 30.2 Å². The highest BCUT2D eigenvalue weighted by atomic mass is 35.5. The summed E-state index contributed by atoms with van der Waals surface area (Å²) >= 11 is 6.16. The zero-order valence-corrected chi connectivity index (χ0v) is 16.6. The average molecular weight is 391 g/mol. The summed E-state index contributed by atoms with van der Waals surface area (Å²) in [4.78, 5) is 15.7. The number of quaternary nitrogens is 1. The molecular formula is C21H26ClFN3O+. The van der Waals surface area contributed by atoms with E-state index in [1.807, 2.05) is 30.9 Å². The zero-order chi connectivity index (χ0) is 19.4. The van der Waals surface area contributed by atoms with Crippen LogP contribution < -0.4 is 10.2 Å². The second-order valence-electron chi connectivity index (χ2n) is 7.27. The molecule has 0 radical (unpaired) electrons. The molecule has 1 atom stereocenters. The number of aryl methyl sites for hydroxylation is 2. The number of hydrogen-bond donors (Lipinski definition) is 2. The van der Waals surface area contributed by atoms with Crippen LogP contribution in [0.4, 0.5) is 14.9 Å². The van der Waals surface area contributed by atoms with E-state index in [4.69, 9.17) is 11.6 Å². The van der Waals surface area contributed by atoms with Gasteiger partial charge in [-0.15, -0.1) is 0 Å². The first-order chi connectivity index (χ1) is 12.9. The van der Waals surface area contributed by atoms with Gasteiger partial charge in [-0.25, -0.2) is 9.18 Å². The molecule has 1 unspecified atom stereocenters. The fraction of sp³-hybridized carbons (Fsp3) is 0.381. The van der Waals surface area contributed by atoms with Crippen LogP contribution in [0.3, 0.4) is 0 Å². The third-order valence-corrected chi connectivity index (χ3v) is 5.30. The van der Waals surface area contributed by atoms with Gasteiger partial charge in [-0.1, -0.05) is 23.7 Å². The first-order valence-electron chi connectivity index (χ1n) is 9.33. The Balaban J connectivity index is 1.60. The Labute approximate surface area is 164 Å². The lowest BCUT2D eigenvalue weighted by atomic mass is 10.1. The normalized spacial score (nSPS) is 17.5. The Kier molecular flexibility index (Phi) is 6.34. The average Bonchev–Trinajstić information content (AvgIpc) is 2.83. The van der Waals surface area contributed by atoms with Crippen molar-refractivity contribution in [3.63, 3.8) is 0 Å². The molecule has 0 aromatic heterocycles. The van der Waals surface area contributed by atoms with E-state index in [9.17, 15) is 9.18 Å². The molecule has 1 heterocycles. The topological polar surface area (TPSA) is 36.8 Å². The summed E-state index contributed by atoms with van der Waals surface area (Å²) in [7, 11) is 0. The number of hydrogen-bond acceptors (Lipinski definition) is 1. The van der Waals surface area contributed by atoms with E-state index < -0.39 is 0 Å². The van der Waals surface area contributed by atoms with Crippen molar-refractivity contribution in [2.45, 2.75) is 26.8 Å².